The van der Waals surface area contributed by atoms with Crippen LogP contribution in [0.1, 0.15) is 42.9 Å². The Morgan fingerprint density at radius 1 is 1.09 bits per heavy atom. The summed E-state index contributed by atoms with van der Waals surface area (Å²) in [5.74, 6) is 1.66. The van der Waals surface area contributed by atoms with Crippen LogP contribution in [0.3, 0.4) is 0 Å². The highest BCUT2D eigenvalue weighted by atomic mass is 35.5. The topological polar surface area (TPSA) is 54.9 Å². The number of hydrogen-bond acceptors (Lipinski definition) is 5. The predicted octanol–water partition coefficient (Wildman–Crippen LogP) is 5.35. The van der Waals surface area contributed by atoms with Crippen molar-refractivity contribution in [1.82, 2.24) is 9.88 Å². The Morgan fingerprint density at radius 2 is 1.82 bits per heavy atom. The summed E-state index contributed by atoms with van der Waals surface area (Å²) in [4.78, 5) is 21.2. The van der Waals surface area contributed by atoms with Crippen LogP contribution in [0.4, 0.5) is 19.0 Å². The molecule has 0 bridgehead atoms. The fourth-order valence-corrected chi connectivity index (χ4v) is 5.12. The molecule has 34 heavy (non-hydrogen) atoms. The van der Waals surface area contributed by atoms with Crippen LogP contribution in [0.2, 0.25) is 5.02 Å². The van der Waals surface area contributed by atoms with Crippen LogP contribution < -0.4 is 14.4 Å². The number of alkyl halides is 3. The third kappa shape index (κ3) is 4.89. The minimum Gasteiger partial charge on any atom is -0.497 e. The number of carbonyl (C=O) groups excluding carboxylic acids is 1. The van der Waals surface area contributed by atoms with Gasteiger partial charge in [0.15, 0.2) is 0 Å². The molecule has 4 rings (SSSR count). The zero-order chi connectivity index (χ0) is 24.5. The van der Waals surface area contributed by atoms with E-state index < -0.39 is 11.7 Å². The van der Waals surface area contributed by atoms with Gasteiger partial charge in [0, 0.05) is 43.4 Å². The lowest BCUT2D eigenvalue weighted by atomic mass is 9.94. The van der Waals surface area contributed by atoms with Crippen molar-refractivity contribution >= 4 is 23.3 Å². The minimum atomic E-state index is -4.49. The summed E-state index contributed by atoms with van der Waals surface area (Å²) in [7, 11) is 3.20. The molecule has 0 N–H and O–H groups in total. The number of hydrogen-bond donors (Lipinski definition) is 0. The molecule has 0 saturated carbocycles. The first-order valence-corrected chi connectivity index (χ1v) is 11.6. The number of methoxy groups -OCH3 is 2. The summed E-state index contributed by atoms with van der Waals surface area (Å²) in [6, 6.07) is 6.50. The number of rotatable bonds is 5. The van der Waals surface area contributed by atoms with Gasteiger partial charge in [0.05, 0.1) is 30.8 Å². The molecule has 0 aliphatic carbocycles. The molecule has 10 heteroatoms. The van der Waals surface area contributed by atoms with Crippen molar-refractivity contribution in [3.63, 3.8) is 0 Å². The zero-order valence-electron chi connectivity index (χ0n) is 19.1. The molecule has 2 saturated heterocycles. The molecule has 6 nitrogen and oxygen atoms in total. The van der Waals surface area contributed by atoms with Crippen LogP contribution in [0, 0.1) is 5.92 Å². The van der Waals surface area contributed by atoms with E-state index in [1.165, 1.54) is 0 Å². The first kappa shape index (κ1) is 24.4. The molecule has 0 spiro atoms. The third-order valence-corrected chi connectivity index (χ3v) is 6.91. The number of benzene rings is 1. The van der Waals surface area contributed by atoms with E-state index in [1.807, 2.05) is 28.0 Å². The molecule has 1 aromatic carbocycles. The minimum absolute atomic E-state index is 0.0363. The Labute approximate surface area is 201 Å². The molecule has 0 unspecified atom stereocenters. The van der Waals surface area contributed by atoms with E-state index in [0.717, 1.165) is 30.7 Å². The highest BCUT2D eigenvalue weighted by molar-refractivity contribution is 6.33. The van der Waals surface area contributed by atoms with Crippen LogP contribution in [-0.2, 0) is 11.0 Å². The Morgan fingerprint density at radius 3 is 2.44 bits per heavy atom. The molecule has 1 aromatic heterocycles. The smallest absolute Gasteiger partial charge is 0.417 e. The van der Waals surface area contributed by atoms with Gasteiger partial charge in [-0.2, -0.15) is 13.2 Å². The second kappa shape index (κ2) is 9.90. The average molecular weight is 498 g/mol. The fraction of sp³-hybridized carbons (Fsp3) is 0.500. The van der Waals surface area contributed by atoms with Crippen molar-refractivity contribution in [1.29, 1.82) is 0 Å². The van der Waals surface area contributed by atoms with Crippen molar-refractivity contribution < 1.29 is 27.4 Å². The van der Waals surface area contributed by atoms with E-state index in [-0.39, 0.29) is 22.9 Å². The molecule has 1 amide bonds. The number of likely N-dealkylation sites (tertiary alicyclic amines) is 1. The summed E-state index contributed by atoms with van der Waals surface area (Å²) >= 11 is 6.11. The van der Waals surface area contributed by atoms with Gasteiger partial charge < -0.3 is 19.3 Å². The molecular formula is C24H27ClF3N3O3. The van der Waals surface area contributed by atoms with Crippen molar-refractivity contribution in [2.24, 2.45) is 5.92 Å². The summed E-state index contributed by atoms with van der Waals surface area (Å²) < 4.78 is 49.6. The quantitative estimate of drug-likeness (QED) is 0.557. The summed E-state index contributed by atoms with van der Waals surface area (Å²) in [5.41, 5.74) is 0.0904. The van der Waals surface area contributed by atoms with Gasteiger partial charge in [0.25, 0.3) is 0 Å². The zero-order valence-corrected chi connectivity index (χ0v) is 19.8. The first-order valence-electron chi connectivity index (χ1n) is 11.2. The van der Waals surface area contributed by atoms with Gasteiger partial charge >= 0.3 is 6.18 Å². The SMILES string of the molecule is COc1ccc([C@H]2CCCN2C(=O)C2CCN(c3ncc(C(F)(F)F)cc3Cl)CC2)c(OC)c1. The maximum atomic E-state index is 13.4. The Bertz CT molecular complexity index is 1040. The van der Waals surface area contributed by atoms with Gasteiger partial charge in [-0.15, -0.1) is 0 Å². The Balaban J connectivity index is 1.43. The van der Waals surface area contributed by atoms with Crippen LogP contribution in [-0.4, -0.2) is 49.6 Å². The monoisotopic (exact) mass is 497 g/mol. The molecule has 3 heterocycles. The highest BCUT2D eigenvalue weighted by Gasteiger charge is 2.37. The predicted molar refractivity (Wildman–Crippen MR) is 122 cm³/mol. The van der Waals surface area contributed by atoms with Crippen molar-refractivity contribution in [2.75, 3.05) is 38.8 Å². The molecule has 2 fully saturated rings. The third-order valence-electron chi connectivity index (χ3n) is 6.63. The van der Waals surface area contributed by atoms with Crippen LogP contribution in [0.15, 0.2) is 30.5 Å². The van der Waals surface area contributed by atoms with E-state index in [1.54, 1.807) is 14.2 Å². The average Bonchev–Trinajstić information content (AvgIpc) is 3.32. The Hall–Kier alpha value is -2.68. The molecule has 2 aromatic rings. The van der Waals surface area contributed by atoms with Gasteiger partial charge in [-0.25, -0.2) is 4.98 Å². The van der Waals surface area contributed by atoms with E-state index in [2.05, 4.69) is 4.98 Å². The van der Waals surface area contributed by atoms with Crippen molar-refractivity contribution in [3.8, 4) is 11.5 Å². The van der Waals surface area contributed by atoms with E-state index in [9.17, 15) is 18.0 Å². The molecular weight excluding hydrogens is 471 g/mol. The normalized spacial score (nSPS) is 19.4. The van der Waals surface area contributed by atoms with Crippen molar-refractivity contribution in [3.05, 3.63) is 46.6 Å². The van der Waals surface area contributed by atoms with Crippen LogP contribution >= 0.6 is 11.6 Å². The molecule has 2 aliphatic heterocycles. The standard InChI is InChI=1S/C24H27ClF3N3O3/c1-33-17-5-6-18(21(13-17)34-2)20-4-3-9-31(20)23(32)15-7-10-30(11-8-15)22-19(25)12-16(14-29-22)24(26,27)28/h5-6,12-15,20H,3-4,7-11H2,1-2H3/t20-/m1/s1. The number of piperidine rings is 1. The largest absolute Gasteiger partial charge is 0.497 e. The maximum absolute atomic E-state index is 13.4. The fourth-order valence-electron chi connectivity index (χ4n) is 4.84. The van der Waals surface area contributed by atoms with Gasteiger partial charge in [0.2, 0.25) is 5.91 Å². The van der Waals surface area contributed by atoms with Gasteiger partial charge in [-0.05, 0) is 43.9 Å². The van der Waals surface area contributed by atoms with Crippen LogP contribution in [0.5, 0.6) is 11.5 Å². The number of carbonyl (C=O) groups is 1. The van der Waals surface area contributed by atoms with Crippen molar-refractivity contribution in [2.45, 2.75) is 37.9 Å². The number of ether oxygens (including phenoxy) is 2. The second-order valence-electron chi connectivity index (χ2n) is 8.59. The van der Waals surface area contributed by atoms with E-state index in [4.69, 9.17) is 21.1 Å². The highest BCUT2D eigenvalue weighted by Crippen LogP contribution is 2.40. The van der Waals surface area contributed by atoms with Gasteiger partial charge in [-0.1, -0.05) is 11.6 Å². The first-order chi connectivity index (χ1) is 16.2. The number of amides is 1. The molecule has 0 radical (unpaired) electrons. The lowest BCUT2D eigenvalue weighted by molar-refractivity contribution is -0.138. The molecule has 2 aliphatic rings. The van der Waals surface area contributed by atoms with E-state index >= 15 is 0 Å². The van der Waals surface area contributed by atoms with Gasteiger partial charge in [-0.3, -0.25) is 4.79 Å². The summed E-state index contributed by atoms with van der Waals surface area (Å²) in [5, 5.41) is -0.0363. The van der Waals surface area contributed by atoms with E-state index in [0.29, 0.717) is 49.8 Å². The number of anilines is 1. The lowest BCUT2D eigenvalue weighted by Crippen LogP contribution is -2.42. The number of halogens is 4. The lowest BCUT2D eigenvalue weighted by Gasteiger charge is -2.36. The number of aromatic nitrogens is 1. The summed E-state index contributed by atoms with van der Waals surface area (Å²) in [6.45, 7) is 1.68. The number of nitrogens with zero attached hydrogens (tertiary/aromatic N) is 3. The second-order valence-corrected chi connectivity index (χ2v) is 8.99. The molecule has 1 atom stereocenters. The van der Waals surface area contributed by atoms with Crippen LogP contribution in [0.25, 0.3) is 0 Å². The Kier molecular flexibility index (Phi) is 7.12. The summed E-state index contributed by atoms with van der Waals surface area (Å²) in [6.07, 6.45) is -0.752. The maximum Gasteiger partial charge on any atom is 0.417 e. The number of pyridine rings is 1. The van der Waals surface area contributed by atoms with Gasteiger partial charge in [0.1, 0.15) is 17.3 Å². The molecule has 184 valence electrons.